The molecule has 1 aliphatic rings. The third-order valence-corrected chi connectivity index (χ3v) is 5.75. The molecule has 0 bridgehead atoms. The Balaban J connectivity index is 1.93. The van der Waals surface area contributed by atoms with E-state index < -0.39 is 34.4 Å². The number of aliphatic hydroxyl groups is 1. The molecule has 4 rings (SSSR count). The predicted molar refractivity (Wildman–Crippen MR) is 129 cm³/mol. The molecule has 0 spiro atoms. The molecule has 3 aromatic rings. The van der Waals surface area contributed by atoms with Crippen LogP contribution in [-0.2, 0) is 14.3 Å². The first-order valence-corrected chi connectivity index (χ1v) is 10.6. The number of anilines is 1. The molecule has 1 heterocycles. The molecule has 0 aromatic heterocycles. The number of hydrogen-bond donors (Lipinski definition) is 1. The van der Waals surface area contributed by atoms with Crippen LogP contribution < -0.4 is 9.64 Å². The highest BCUT2D eigenvalue weighted by Crippen LogP contribution is 2.43. The summed E-state index contributed by atoms with van der Waals surface area (Å²) in [6, 6.07) is 16.5. The van der Waals surface area contributed by atoms with Crippen LogP contribution in [0.1, 0.15) is 27.5 Å². The monoisotopic (exact) mass is 488 g/mol. The van der Waals surface area contributed by atoms with Crippen molar-refractivity contribution in [1.29, 1.82) is 0 Å². The van der Waals surface area contributed by atoms with Gasteiger partial charge in [-0.2, -0.15) is 0 Å². The number of Topliss-reactive ketones (excluding diaryl/α,β-unsaturated/α-hetero) is 1. The van der Waals surface area contributed by atoms with Crippen molar-refractivity contribution in [2.75, 3.05) is 19.1 Å². The van der Waals surface area contributed by atoms with E-state index in [9.17, 15) is 29.6 Å². The van der Waals surface area contributed by atoms with Crippen molar-refractivity contribution in [2.24, 2.45) is 0 Å². The summed E-state index contributed by atoms with van der Waals surface area (Å²) in [7, 11) is 2.69. The quantitative estimate of drug-likeness (QED) is 0.137. The van der Waals surface area contributed by atoms with Crippen LogP contribution in [0.4, 0.5) is 11.4 Å². The molecule has 1 N–H and O–H groups in total. The number of nitro benzene ring substituents is 1. The first-order chi connectivity index (χ1) is 17.3. The van der Waals surface area contributed by atoms with Crippen LogP contribution in [-0.4, -0.2) is 41.9 Å². The smallest absolute Gasteiger partial charge is 0.337 e. The van der Waals surface area contributed by atoms with E-state index in [4.69, 9.17) is 9.47 Å². The lowest BCUT2D eigenvalue weighted by Gasteiger charge is -2.26. The number of non-ortho nitro benzene ring substituents is 1. The van der Waals surface area contributed by atoms with Crippen LogP contribution in [0.3, 0.4) is 0 Å². The number of methoxy groups -OCH3 is 2. The molecule has 1 amide bonds. The second-order valence-corrected chi connectivity index (χ2v) is 7.79. The molecule has 1 unspecified atom stereocenters. The molecule has 0 saturated carbocycles. The maximum atomic E-state index is 13.3. The highest BCUT2D eigenvalue weighted by Gasteiger charge is 2.47. The van der Waals surface area contributed by atoms with Gasteiger partial charge in [0.15, 0.2) is 0 Å². The lowest BCUT2D eigenvalue weighted by Crippen LogP contribution is -2.29. The Labute approximate surface area is 205 Å². The first kappa shape index (κ1) is 24.1. The Morgan fingerprint density at radius 1 is 0.972 bits per heavy atom. The summed E-state index contributed by atoms with van der Waals surface area (Å²) in [4.78, 5) is 50.2. The van der Waals surface area contributed by atoms with E-state index in [1.165, 1.54) is 55.5 Å². The number of ether oxygens (including phenoxy) is 2. The average Bonchev–Trinajstić information content (AvgIpc) is 3.18. The molecule has 10 heteroatoms. The van der Waals surface area contributed by atoms with Crippen molar-refractivity contribution in [3.63, 3.8) is 0 Å². The van der Waals surface area contributed by atoms with E-state index in [1.54, 1.807) is 36.4 Å². The van der Waals surface area contributed by atoms with Crippen molar-refractivity contribution in [3.05, 3.63) is 105 Å². The maximum absolute atomic E-state index is 13.3. The second-order valence-electron chi connectivity index (χ2n) is 7.79. The van der Waals surface area contributed by atoms with Crippen LogP contribution in [0.2, 0.25) is 0 Å². The third kappa shape index (κ3) is 4.27. The molecule has 36 heavy (non-hydrogen) atoms. The average molecular weight is 488 g/mol. The van der Waals surface area contributed by atoms with Gasteiger partial charge in [-0.25, -0.2) is 4.79 Å². The number of esters is 1. The van der Waals surface area contributed by atoms with Crippen LogP contribution >= 0.6 is 0 Å². The number of hydrogen-bond acceptors (Lipinski definition) is 8. The van der Waals surface area contributed by atoms with E-state index in [-0.39, 0.29) is 28.1 Å². The number of aliphatic hydroxyl groups excluding tert-OH is 1. The Kier molecular flexibility index (Phi) is 6.51. The van der Waals surface area contributed by atoms with Crippen LogP contribution in [0.15, 0.2) is 78.4 Å². The molecule has 3 aromatic carbocycles. The van der Waals surface area contributed by atoms with E-state index in [0.717, 1.165) is 0 Å². The zero-order chi connectivity index (χ0) is 26.0. The number of nitrogens with zero attached hydrogens (tertiary/aromatic N) is 2. The van der Waals surface area contributed by atoms with Gasteiger partial charge in [0.25, 0.3) is 17.4 Å². The molecule has 0 radical (unpaired) electrons. The van der Waals surface area contributed by atoms with Gasteiger partial charge < -0.3 is 14.6 Å². The Bertz CT molecular complexity index is 1410. The lowest BCUT2D eigenvalue weighted by atomic mass is 9.95. The van der Waals surface area contributed by atoms with E-state index in [1.807, 2.05) is 0 Å². The summed E-state index contributed by atoms with van der Waals surface area (Å²) < 4.78 is 10.1. The van der Waals surface area contributed by atoms with Gasteiger partial charge in [-0.3, -0.25) is 24.6 Å². The van der Waals surface area contributed by atoms with Crippen molar-refractivity contribution in [3.8, 4) is 5.75 Å². The van der Waals surface area contributed by atoms with Crippen LogP contribution in [0.5, 0.6) is 5.75 Å². The molecule has 0 aliphatic carbocycles. The number of amides is 1. The first-order valence-electron chi connectivity index (χ1n) is 10.6. The number of rotatable bonds is 6. The molecule has 1 saturated heterocycles. The summed E-state index contributed by atoms with van der Waals surface area (Å²) in [5.74, 6) is -2.55. The fraction of sp³-hybridized carbons (Fsp3) is 0.115. The summed E-state index contributed by atoms with van der Waals surface area (Å²) in [6.45, 7) is 0. The number of benzene rings is 3. The van der Waals surface area contributed by atoms with E-state index in [0.29, 0.717) is 11.3 Å². The molecule has 1 atom stereocenters. The minimum atomic E-state index is -1.08. The highest BCUT2D eigenvalue weighted by atomic mass is 16.6. The van der Waals surface area contributed by atoms with Crippen molar-refractivity contribution in [1.82, 2.24) is 0 Å². The van der Waals surface area contributed by atoms with Gasteiger partial charge in [0.05, 0.1) is 36.3 Å². The fourth-order valence-electron chi connectivity index (χ4n) is 4.02. The zero-order valence-electron chi connectivity index (χ0n) is 19.2. The third-order valence-electron chi connectivity index (χ3n) is 5.75. The summed E-state index contributed by atoms with van der Waals surface area (Å²) in [6.07, 6.45) is 0. The summed E-state index contributed by atoms with van der Waals surface area (Å²) in [5, 5.41) is 22.2. The molecule has 1 aliphatic heterocycles. The van der Waals surface area contributed by atoms with Gasteiger partial charge in [-0.1, -0.05) is 18.2 Å². The second kappa shape index (κ2) is 9.71. The zero-order valence-corrected chi connectivity index (χ0v) is 19.2. The Morgan fingerprint density at radius 2 is 1.67 bits per heavy atom. The molecular formula is C26H20N2O8. The number of carbonyl (C=O) groups is 3. The highest BCUT2D eigenvalue weighted by molar-refractivity contribution is 6.51. The lowest BCUT2D eigenvalue weighted by molar-refractivity contribution is -0.384. The maximum Gasteiger partial charge on any atom is 0.337 e. The summed E-state index contributed by atoms with van der Waals surface area (Å²) in [5.41, 5.74) is 0.559. The van der Waals surface area contributed by atoms with Gasteiger partial charge in [-0.05, 0) is 48.0 Å². The van der Waals surface area contributed by atoms with Gasteiger partial charge in [0.2, 0.25) is 0 Å². The van der Waals surface area contributed by atoms with E-state index in [2.05, 4.69) is 0 Å². The Hall–Kier alpha value is -4.99. The SMILES string of the molecule is COC(=O)c1cccc(N2C(=O)C(=O)/C(=C(/O)c3ccc([N+](=O)[O-])cc3)C2c2cccc(OC)c2)c1. The van der Waals surface area contributed by atoms with E-state index >= 15 is 0 Å². The number of carbonyl (C=O) groups excluding carboxylic acids is 3. The normalized spacial score (nSPS) is 16.6. The van der Waals surface area contributed by atoms with Crippen molar-refractivity contribution >= 4 is 34.8 Å². The Morgan fingerprint density at radius 3 is 2.31 bits per heavy atom. The minimum Gasteiger partial charge on any atom is -0.507 e. The minimum absolute atomic E-state index is 0.120. The van der Waals surface area contributed by atoms with Gasteiger partial charge in [0.1, 0.15) is 11.5 Å². The number of nitro groups is 1. The van der Waals surface area contributed by atoms with Gasteiger partial charge in [-0.15, -0.1) is 0 Å². The van der Waals surface area contributed by atoms with Crippen molar-refractivity contribution in [2.45, 2.75) is 6.04 Å². The number of ketones is 1. The largest absolute Gasteiger partial charge is 0.507 e. The van der Waals surface area contributed by atoms with Crippen LogP contribution in [0.25, 0.3) is 5.76 Å². The van der Waals surface area contributed by atoms with Gasteiger partial charge in [0, 0.05) is 23.4 Å². The molecule has 1 fully saturated rings. The predicted octanol–water partition coefficient (Wildman–Crippen LogP) is 4.02. The van der Waals surface area contributed by atoms with Crippen LogP contribution in [0, 0.1) is 10.1 Å². The molecular weight excluding hydrogens is 468 g/mol. The summed E-state index contributed by atoms with van der Waals surface area (Å²) >= 11 is 0. The topological polar surface area (TPSA) is 136 Å². The van der Waals surface area contributed by atoms with Gasteiger partial charge >= 0.3 is 5.97 Å². The van der Waals surface area contributed by atoms with Crippen molar-refractivity contribution < 1.29 is 33.9 Å². The molecule has 10 nitrogen and oxygen atoms in total. The molecule has 182 valence electrons. The fourth-order valence-corrected chi connectivity index (χ4v) is 4.02. The standard InChI is InChI=1S/C26H20N2O8/c1-35-20-8-4-5-16(14-20)22-21(23(29)15-9-11-18(12-10-15)28(33)34)24(30)25(31)27(22)19-7-3-6-17(13-19)26(32)36-2/h3-14,22,29H,1-2H3/b23-21+.